The molecule has 0 saturated carbocycles. The van der Waals surface area contributed by atoms with Crippen molar-refractivity contribution in [1.82, 2.24) is 10.3 Å². The lowest BCUT2D eigenvalue weighted by Gasteiger charge is -2.25. The van der Waals surface area contributed by atoms with Crippen LogP contribution in [0.2, 0.25) is 0 Å². The monoisotopic (exact) mass is 306 g/mol. The standard InChI is InChI=1S/C16H22N2O2S/c1-16(17-2,15(19)20-3)9-6-10-21-14-11-12-7-4-5-8-13(12)18-14/h4-5,7-8,11,17-18H,6,9-10H2,1-3H3. The second-order valence-electron chi connectivity index (χ2n) is 5.25. The molecule has 2 aromatic rings. The molecule has 21 heavy (non-hydrogen) atoms. The highest BCUT2D eigenvalue weighted by atomic mass is 32.2. The molecular formula is C16H22N2O2S. The molecule has 0 bridgehead atoms. The second kappa shape index (κ2) is 7.00. The molecule has 0 aliphatic rings. The van der Waals surface area contributed by atoms with Crippen LogP contribution in [-0.2, 0) is 9.53 Å². The van der Waals surface area contributed by atoms with Crippen molar-refractivity contribution in [2.75, 3.05) is 19.9 Å². The maximum Gasteiger partial charge on any atom is 0.325 e. The van der Waals surface area contributed by atoms with Crippen molar-refractivity contribution in [2.24, 2.45) is 0 Å². The summed E-state index contributed by atoms with van der Waals surface area (Å²) < 4.78 is 4.85. The maximum absolute atomic E-state index is 11.7. The summed E-state index contributed by atoms with van der Waals surface area (Å²) in [5.74, 6) is 0.752. The summed E-state index contributed by atoms with van der Waals surface area (Å²) in [6.07, 6.45) is 1.69. The second-order valence-corrected chi connectivity index (χ2v) is 6.38. The fraction of sp³-hybridized carbons (Fsp3) is 0.438. The number of hydrogen-bond donors (Lipinski definition) is 2. The summed E-state index contributed by atoms with van der Waals surface area (Å²) in [6.45, 7) is 1.88. The zero-order valence-corrected chi connectivity index (χ0v) is 13.5. The Bertz CT molecular complexity index is 578. The molecule has 1 unspecified atom stereocenters. The zero-order chi connectivity index (χ0) is 15.3. The lowest BCUT2D eigenvalue weighted by Crippen LogP contribution is -2.48. The highest BCUT2D eigenvalue weighted by Gasteiger charge is 2.31. The fourth-order valence-electron chi connectivity index (χ4n) is 2.29. The number of carbonyl (C=O) groups excluding carboxylic acids is 1. The van der Waals surface area contributed by atoms with Crippen molar-refractivity contribution in [3.8, 4) is 0 Å². The molecule has 2 rings (SSSR count). The minimum Gasteiger partial charge on any atom is -0.468 e. The molecule has 0 saturated heterocycles. The van der Waals surface area contributed by atoms with Gasteiger partial charge in [-0.3, -0.25) is 4.79 Å². The van der Waals surface area contributed by atoms with Crippen molar-refractivity contribution >= 4 is 28.6 Å². The number of aromatic nitrogens is 1. The van der Waals surface area contributed by atoms with E-state index in [4.69, 9.17) is 4.74 Å². The van der Waals surface area contributed by atoms with Crippen LogP contribution in [-0.4, -0.2) is 36.4 Å². The summed E-state index contributed by atoms with van der Waals surface area (Å²) >= 11 is 1.78. The van der Waals surface area contributed by atoms with E-state index in [1.165, 1.54) is 17.5 Å². The van der Waals surface area contributed by atoms with Crippen LogP contribution in [0.5, 0.6) is 0 Å². The van der Waals surface area contributed by atoms with Gasteiger partial charge in [0.1, 0.15) is 5.54 Å². The Kier molecular flexibility index (Phi) is 5.31. The van der Waals surface area contributed by atoms with Gasteiger partial charge < -0.3 is 15.0 Å². The van der Waals surface area contributed by atoms with E-state index in [0.29, 0.717) is 0 Å². The molecular weight excluding hydrogens is 284 g/mol. The number of thioether (sulfide) groups is 1. The van der Waals surface area contributed by atoms with Gasteiger partial charge in [0.25, 0.3) is 0 Å². The molecule has 1 aromatic heterocycles. The van der Waals surface area contributed by atoms with Crippen molar-refractivity contribution < 1.29 is 9.53 Å². The van der Waals surface area contributed by atoms with Gasteiger partial charge in [-0.05, 0) is 44.7 Å². The first-order chi connectivity index (χ1) is 10.1. The molecule has 0 fully saturated rings. The number of benzene rings is 1. The first-order valence-corrected chi connectivity index (χ1v) is 8.05. The Morgan fingerprint density at radius 3 is 2.86 bits per heavy atom. The Balaban J connectivity index is 1.85. The van der Waals surface area contributed by atoms with Crippen LogP contribution in [0.4, 0.5) is 0 Å². The molecule has 4 nitrogen and oxygen atoms in total. The van der Waals surface area contributed by atoms with Crippen molar-refractivity contribution in [3.05, 3.63) is 30.3 Å². The molecule has 114 valence electrons. The van der Waals surface area contributed by atoms with Gasteiger partial charge in [0, 0.05) is 10.9 Å². The van der Waals surface area contributed by atoms with Gasteiger partial charge in [0.2, 0.25) is 0 Å². The van der Waals surface area contributed by atoms with Gasteiger partial charge in [0.15, 0.2) is 0 Å². The first-order valence-electron chi connectivity index (χ1n) is 7.07. The van der Waals surface area contributed by atoms with Crippen LogP contribution in [0.3, 0.4) is 0 Å². The van der Waals surface area contributed by atoms with Crippen LogP contribution in [0.25, 0.3) is 10.9 Å². The topological polar surface area (TPSA) is 54.1 Å². The van der Waals surface area contributed by atoms with Gasteiger partial charge in [-0.1, -0.05) is 18.2 Å². The average molecular weight is 306 g/mol. The summed E-state index contributed by atoms with van der Waals surface area (Å²) in [7, 11) is 3.22. The number of fused-ring (bicyclic) bond motifs is 1. The number of likely N-dealkylation sites (N-methyl/N-ethyl adjacent to an activating group) is 1. The van der Waals surface area contributed by atoms with Crippen LogP contribution >= 0.6 is 11.8 Å². The molecule has 1 heterocycles. The highest BCUT2D eigenvalue weighted by molar-refractivity contribution is 7.99. The predicted octanol–water partition coefficient (Wildman–Crippen LogP) is 3.19. The number of para-hydroxylation sites is 1. The van der Waals surface area contributed by atoms with Crippen LogP contribution < -0.4 is 5.32 Å². The molecule has 0 aliphatic heterocycles. The quantitative estimate of drug-likeness (QED) is 0.468. The third-order valence-electron chi connectivity index (χ3n) is 3.77. The third kappa shape index (κ3) is 3.80. The predicted molar refractivity (Wildman–Crippen MR) is 87.7 cm³/mol. The Morgan fingerprint density at radius 1 is 1.43 bits per heavy atom. The number of hydrogen-bond acceptors (Lipinski definition) is 4. The van der Waals surface area contributed by atoms with E-state index in [2.05, 4.69) is 28.5 Å². The Labute approximate surface area is 129 Å². The van der Waals surface area contributed by atoms with Gasteiger partial charge >= 0.3 is 5.97 Å². The number of carbonyl (C=O) groups is 1. The number of ether oxygens (including phenoxy) is 1. The number of rotatable bonds is 7. The largest absolute Gasteiger partial charge is 0.468 e. The number of H-pyrrole nitrogens is 1. The molecule has 1 atom stereocenters. The van der Waals surface area contributed by atoms with Gasteiger partial charge in [-0.25, -0.2) is 0 Å². The molecule has 2 N–H and O–H groups in total. The van der Waals surface area contributed by atoms with Crippen molar-refractivity contribution in [3.63, 3.8) is 0 Å². The lowest BCUT2D eigenvalue weighted by atomic mass is 9.97. The summed E-state index contributed by atoms with van der Waals surface area (Å²) in [5.41, 5.74) is 0.560. The van der Waals surface area contributed by atoms with Crippen LogP contribution in [0.15, 0.2) is 35.4 Å². The average Bonchev–Trinajstić information content (AvgIpc) is 2.93. The minimum atomic E-state index is -0.601. The Hall–Kier alpha value is -1.46. The van der Waals surface area contributed by atoms with E-state index < -0.39 is 5.54 Å². The molecule has 0 aliphatic carbocycles. The maximum atomic E-state index is 11.7. The molecule has 0 radical (unpaired) electrons. The smallest absolute Gasteiger partial charge is 0.325 e. The van der Waals surface area contributed by atoms with E-state index in [9.17, 15) is 4.79 Å². The number of aromatic amines is 1. The molecule has 5 heteroatoms. The van der Waals surface area contributed by atoms with Crippen molar-refractivity contribution in [2.45, 2.75) is 30.3 Å². The van der Waals surface area contributed by atoms with Crippen LogP contribution in [0.1, 0.15) is 19.8 Å². The van der Waals surface area contributed by atoms with E-state index in [1.54, 1.807) is 18.8 Å². The van der Waals surface area contributed by atoms with E-state index in [0.717, 1.165) is 24.1 Å². The van der Waals surface area contributed by atoms with E-state index >= 15 is 0 Å². The van der Waals surface area contributed by atoms with Gasteiger partial charge in [-0.2, -0.15) is 0 Å². The van der Waals surface area contributed by atoms with Crippen molar-refractivity contribution in [1.29, 1.82) is 0 Å². The third-order valence-corrected chi connectivity index (χ3v) is 4.80. The summed E-state index contributed by atoms with van der Waals surface area (Å²) in [4.78, 5) is 15.1. The lowest BCUT2D eigenvalue weighted by molar-refractivity contribution is -0.148. The minimum absolute atomic E-state index is 0.208. The number of methoxy groups -OCH3 is 1. The summed E-state index contributed by atoms with van der Waals surface area (Å²) in [5, 5.41) is 5.46. The summed E-state index contributed by atoms with van der Waals surface area (Å²) in [6, 6.07) is 10.4. The van der Waals surface area contributed by atoms with E-state index in [-0.39, 0.29) is 5.97 Å². The van der Waals surface area contributed by atoms with E-state index in [1.807, 2.05) is 19.1 Å². The molecule has 0 spiro atoms. The normalized spacial score (nSPS) is 14.0. The molecule has 1 aromatic carbocycles. The SMILES string of the molecule is CNC(C)(CCCSc1cc2ccccc2[nH]1)C(=O)OC. The molecule has 0 amide bonds. The first kappa shape index (κ1) is 15.9. The van der Waals surface area contributed by atoms with Crippen LogP contribution in [0, 0.1) is 0 Å². The number of nitrogens with one attached hydrogen (secondary N) is 2. The highest BCUT2D eigenvalue weighted by Crippen LogP contribution is 2.25. The van der Waals surface area contributed by atoms with Gasteiger partial charge in [0.05, 0.1) is 12.1 Å². The number of esters is 1. The van der Waals surface area contributed by atoms with Gasteiger partial charge in [-0.15, -0.1) is 11.8 Å². The fourth-order valence-corrected chi connectivity index (χ4v) is 3.19. The Morgan fingerprint density at radius 2 is 2.19 bits per heavy atom. The zero-order valence-electron chi connectivity index (χ0n) is 12.7.